The number of hydrogen-bond donors (Lipinski definition) is 1. The van der Waals surface area contributed by atoms with Crippen molar-refractivity contribution in [2.45, 2.75) is 38.9 Å². The lowest BCUT2D eigenvalue weighted by molar-refractivity contribution is 0.802. The van der Waals surface area contributed by atoms with Gasteiger partial charge in [0.2, 0.25) is 0 Å². The van der Waals surface area contributed by atoms with Gasteiger partial charge in [-0.3, -0.25) is 0 Å². The van der Waals surface area contributed by atoms with Crippen LogP contribution in [0.15, 0.2) is 12.4 Å². The lowest BCUT2D eigenvalue weighted by Gasteiger charge is -2.17. The lowest BCUT2D eigenvalue weighted by atomic mass is 10.3. The molecular formula is C13H21N5S. The molecule has 5 nitrogen and oxygen atoms in total. The largest absolute Gasteiger partial charge is 0.369 e. The Morgan fingerprint density at radius 1 is 1.37 bits per heavy atom. The van der Waals surface area contributed by atoms with Crippen molar-refractivity contribution < 1.29 is 0 Å². The highest BCUT2D eigenvalue weighted by atomic mass is 32.2. The smallest absolute Gasteiger partial charge is 0.254 e. The van der Waals surface area contributed by atoms with E-state index in [-0.39, 0.29) is 0 Å². The van der Waals surface area contributed by atoms with Gasteiger partial charge in [0.15, 0.2) is 0 Å². The Balaban J connectivity index is 2.05. The molecule has 104 valence electrons. The molecule has 0 unspecified atom stereocenters. The predicted octanol–water partition coefficient (Wildman–Crippen LogP) is 2.63. The molecule has 0 aromatic carbocycles. The van der Waals surface area contributed by atoms with Gasteiger partial charge >= 0.3 is 0 Å². The van der Waals surface area contributed by atoms with Crippen molar-refractivity contribution in [1.82, 2.24) is 19.6 Å². The Bertz CT molecular complexity index is 543. The summed E-state index contributed by atoms with van der Waals surface area (Å²) in [5, 5.41) is 7.62. The Hall–Kier alpha value is -1.30. The van der Waals surface area contributed by atoms with E-state index < -0.39 is 0 Å². The summed E-state index contributed by atoms with van der Waals surface area (Å²) < 4.78 is 2.05. The standard InChI is InChI=1S/C13H21N5S/c1-5-10-8-11(14-6-7-19-13(2,3)4)18-12(17-10)15-9-16-18/h8-9,14H,5-7H2,1-4H3. The molecule has 0 aliphatic carbocycles. The SMILES string of the molecule is CCc1cc(NCCSC(C)(C)C)n2ncnc2n1. The molecule has 2 rings (SSSR count). The highest BCUT2D eigenvalue weighted by Crippen LogP contribution is 2.22. The quantitative estimate of drug-likeness (QED) is 0.853. The summed E-state index contributed by atoms with van der Waals surface area (Å²) >= 11 is 1.95. The molecule has 2 heterocycles. The number of anilines is 1. The van der Waals surface area contributed by atoms with Crippen LogP contribution in [0.4, 0.5) is 5.82 Å². The number of rotatable bonds is 5. The first-order valence-corrected chi connectivity index (χ1v) is 7.55. The molecule has 0 atom stereocenters. The zero-order chi connectivity index (χ0) is 13.9. The maximum Gasteiger partial charge on any atom is 0.254 e. The summed E-state index contributed by atoms with van der Waals surface area (Å²) in [6, 6.07) is 2.05. The van der Waals surface area contributed by atoms with Crippen LogP contribution in [-0.4, -0.2) is 36.6 Å². The summed E-state index contributed by atoms with van der Waals surface area (Å²) in [6.07, 6.45) is 2.44. The minimum absolute atomic E-state index is 0.303. The fourth-order valence-electron chi connectivity index (χ4n) is 1.70. The highest BCUT2D eigenvalue weighted by Gasteiger charge is 2.10. The van der Waals surface area contributed by atoms with Crippen molar-refractivity contribution in [1.29, 1.82) is 0 Å². The van der Waals surface area contributed by atoms with Gasteiger partial charge in [-0.1, -0.05) is 27.7 Å². The number of thioether (sulfide) groups is 1. The second kappa shape index (κ2) is 5.77. The molecule has 0 amide bonds. The van der Waals surface area contributed by atoms with E-state index >= 15 is 0 Å². The number of nitrogens with zero attached hydrogens (tertiary/aromatic N) is 4. The molecule has 0 fully saturated rings. The molecule has 0 bridgehead atoms. The molecule has 2 aromatic heterocycles. The third kappa shape index (κ3) is 3.83. The topological polar surface area (TPSA) is 55.1 Å². The van der Waals surface area contributed by atoms with E-state index in [0.29, 0.717) is 10.5 Å². The van der Waals surface area contributed by atoms with Crippen molar-refractivity contribution in [3.63, 3.8) is 0 Å². The molecule has 0 aliphatic heterocycles. The molecule has 19 heavy (non-hydrogen) atoms. The van der Waals surface area contributed by atoms with E-state index in [4.69, 9.17) is 0 Å². The number of aryl methyl sites for hydroxylation is 1. The first-order valence-electron chi connectivity index (χ1n) is 6.57. The van der Waals surface area contributed by atoms with Crippen LogP contribution in [-0.2, 0) is 6.42 Å². The summed E-state index contributed by atoms with van der Waals surface area (Å²) in [7, 11) is 0. The normalized spacial score (nSPS) is 12.0. The van der Waals surface area contributed by atoms with Crippen LogP contribution >= 0.6 is 11.8 Å². The van der Waals surface area contributed by atoms with Gasteiger partial charge in [0.1, 0.15) is 12.1 Å². The van der Waals surface area contributed by atoms with Gasteiger partial charge in [-0.05, 0) is 6.42 Å². The molecule has 1 N–H and O–H groups in total. The summed E-state index contributed by atoms with van der Waals surface area (Å²) in [5.41, 5.74) is 1.03. The van der Waals surface area contributed by atoms with Gasteiger partial charge < -0.3 is 5.32 Å². The number of hydrogen-bond acceptors (Lipinski definition) is 5. The van der Waals surface area contributed by atoms with E-state index in [9.17, 15) is 0 Å². The minimum Gasteiger partial charge on any atom is -0.369 e. The zero-order valence-electron chi connectivity index (χ0n) is 12.0. The van der Waals surface area contributed by atoms with Gasteiger partial charge in [0.25, 0.3) is 5.78 Å². The van der Waals surface area contributed by atoms with Crippen molar-refractivity contribution in [3.05, 3.63) is 18.1 Å². The Morgan fingerprint density at radius 3 is 2.84 bits per heavy atom. The third-order valence-electron chi connectivity index (χ3n) is 2.61. The summed E-state index contributed by atoms with van der Waals surface area (Å²) in [6.45, 7) is 9.69. The van der Waals surface area contributed by atoms with Crippen LogP contribution in [0.2, 0.25) is 0 Å². The molecule has 6 heteroatoms. The molecule has 0 saturated carbocycles. The average Bonchev–Trinajstić information content (AvgIpc) is 2.81. The summed E-state index contributed by atoms with van der Waals surface area (Å²) in [5.74, 6) is 2.68. The Morgan fingerprint density at radius 2 is 2.16 bits per heavy atom. The second-order valence-corrected chi connectivity index (χ2v) is 7.27. The van der Waals surface area contributed by atoms with Crippen LogP contribution < -0.4 is 5.32 Å². The van der Waals surface area contributed by atoms with E-state index in [1.165, 1.54) is 6.33 Å². The van der Waals surface area contributed by atoms with Gasteiger partial charge in [-0.25, -0.2) is 4.98 Å². The molecule has 0 saturated heterocycles. The Kier molecular flexibility index (Phi) is 4.29. The first-order chi connectivity index (χ1) is 8.99. The van der Waals surface area contributed by atoms with E-state index in [1.54, 1.807) is 4.52 Å². The molecular weight excluding hydrogens is 258 g/mol. The van der Waals surface area contributed by atoms with Gasteiger partial charge in [0, 0.05) is 28.8 Å². The number of fused-ring (bicyclic) bond motifs is 1. The van der Waals surface area contributed by atoms with Crippen LogP contribution in [0.1, 0.15) is 33.4 Å². The molecule has 0 aliphatic rings. The van der Waals surface area contributed by atoms with Crippen LogP contribution in [0, 0.1) is 0 Å². The number of nitrogens with one attached hydrogen (secondary N) is 1. The minimum atomic E-state index is 0.303. The van der Waals surface area contributed by atoms with Gasteiger partial charge in [-0.2, -0.15) is 26.4 Å². The first kappa shape index (κ1) is 14.1. The molecule has 0 radical (unpaired) electrons. The van der Waals surface area contributed by atoms with Crippen molar-refractivity contribution in [3.8, 4) is 0 Å². The fourth-order valence-corrected chi connectivity index (χ4v) is 2.52. The van der Waals surface area contributed by atoms with Crippen LogP contribution in [0.25, 0.3) is 5.78 Å². The van der Waals surface area contributed by atoms with Crippen molar-refractivity contribution in [2.24, 2.45) is 0 Å². The lowest BCUT2D eigenvalue weighted by Crippen LogP contribution is -2.15. The van der Waals surface area contributed by atoms with E-state index in [1.807, 2.05) is 17.8 Å². The maximum absolute atomic E-state index is 4.43. The molecule has 2 aromatic rings. The van der Waals surface area contributed by atoms with Crippen molar-refractivity contribution in [2.75, 3.05) is 17.6 Å². The van der Waals surface area contributed by atoms with Crippen molar-refractivity contribution >= 4 is 23.4 Å². The zero-order valence-corrected chi connectivity index (χ0v) is 12.8. The monoisotopic (exact) mass is 279 g/mol. The van der Waals surface area contributed by atoms with Gasteiger partial charge in [-0.15, -0.1) is 0 Å². The second-order valence-electron chi connectivity index (χ2n) is 5.35. The third-order valence-corrected chi connectivity index (χ3v) is 3.88. The van der Waals surface area contributed by atoms with Gasteiger partial charge in [0.05, 0.1) is 0 Å². The fraction of sp³-hybridized carbons (Fsp3) is 0.615. The molecule has 0 spiro atoms. The van der Waals surface area contributed by atoms with Crippen LogP contribution in [0.5, 0.6) is 0 Å². The summed E-state index contributed by atoms with van der Waals surface area (Å²) in [4.78, 5) is 8.58. The Labute approximate surface area is 118 Å². The predicted molar refractivity (Wildman–Crippen MR) is 80.9 cm³/mol. The highest BCUT2D eigenvalue weighted by molar-refractivity contribution is 8.00. The maximum atomic E-state index is 4.43. The number of aromatic nitrogens is 4. The van der Waals surface area contributed by atoms with E-state index in [0.717, 1.165) is 30.2 Å². The van der Waals surface area contributed by atoms with E-state index in [2.05, 4.69) is 48.1 Å². The van der Waals surface area contributed by atoms with Crippen LogP contribution in [0.3, 0.4) is 0 Å². The average molecular weight is 279 g/mol.